The van der Waals surface area contributed by atoms with E-state index in [1.165, 1.54) is 12.4 Å². The fourth-order valence-electron chi connectivity index (χ4n) is 0.972. The molecule has 0 aliphatic carbocycles. The fraction of sp³-hybridized carbons (Fsp3) is 0.545. The highest BCUT2D eigenvalue weighted by molar-refractivity contribution is 5.93. The highest BCUT2D eigenvalue weighted by Crippen LogP contribution is 2.16. The second kappa shape index (κ2) is 5.20. The summed E-state index contributed by atoms with van der Waals surface area (Å²) < 4.78 is 0. The van der Waals surface area contributed by atoms with Crippen molar-refractivity contribution < 1.29 is 15.0 Å². The molecule has 0 radical (unpaired) electrons. The number of carbonyl (C=O) groups is 1. The van der Waals surface area contributed by atoms with Crippen LogP contribution in [0.4, 0.5) is 5.82 Å². The van der Waals surface area contributed by atoms with Crippen molar-refractivity contribution in [1.82, 2.24) is 9.97 Å². The first-order valence-electron chi connectivity index (χ1n) is 5.27. The number of aliphatic hydroxyl groups excluding tert-OH is 2. The van der Waals surface area contributed by atoms with E-state index in [9.17, 15) is 9.90 Å². The average Bonchev–Trinajstić information content (AvgIpc) is 2.27. The maximum absolute atomic E-state index is 11.6. The van der Waals surface area contributed by atoms with Gasteiger partial charge in [0, 0.05) is 5.41 Å². The zero-order valence-corrected chi connectivity index (χ0v) is 10.1. The van der Waals surface area contributed by atoms with Gasteiger partial charge in [0.15, 0.2) is 5.82 Å². The van der Waals surface area contributed by atoms with Crippen LogP contribution >= 0.6 is 0 Å². The van der Waals surface area contributed by atoms with Crippen LogP contribution in [0.3, 0.4) is 0 Å². The first kappa shape index (κ1) is 13.5. The zero-order chi connectivity index (χ0) is 13.1. The SMILES string of the molecule is CC(C)(C)C(=O)Nc1cnc(C(O)CO)cn1. The van der Waals surface area contributed by atoms with E-state index in [1.807, 2.05) is 0 Å². The maximum Gasteiger partial charge on any atom is 0.230 e. The smallest absolute Gasteiger partial charge is 0.230 e. The number of rotatable bonds is 3. The van der Waals surface area contributed by atoms with E-state index >= 15 is 0 Å². The van der Waals surface area contributed by atoms with Crippen LogP contribution in [0, 0.1) is 5.41 Å². The Morgan fingerprint density at radius 2 is 2.06 bits per heavy atom. The first-order chi connectivity index (χ1) is 7.84. The number of hydrogen-bond acceptors (Lipinski definition) is 5. The third-order valence-corrected chi connectivity index (χ3v) is 2.11. The Kier molecular flexibility index (Phi) is 4.14. The summed E-state index contributed by atoms with van der Waals surface area (Å²) in [4.78, 5) is 19.5. The molecule has 17 heavy (non-hydrogen) atoms. The minimum absolute atomic E-state index is 0.165. The van der Waals surface area contributed by atoms with Crippen molar-refractivity contribution in [3.63, 3.8) is 0 Å². The summed E-state index contributed by atoms with van der Waals surface area (Å²) >= 11 is 0. The molecule has 0 bridgehead atoms. The predicted molar refractivity (Wildman–Crippen MR) is 62.2 cm³/mol. The molecule has 0 aliphatic heterocycles. The van der Waals surface area contributed by atoms with Crippen LogP contribution in [0.2, 0.25) is 0 Å². The molecule has 1 rings (SSSR count). The number of hydrogen-bond donors (Lipinski definition) is 3. The number of amides is 1. The fourth-order valence-corrected chi connectivity index (χ4v) is 0.972. The third kappa shape index (κ3) is 3.76. The maximum atomic E-state index is 11.6. The Morgan fingerprint density at radius 1 is 1.41 bits per heavy atom. The van der Waals surface area contributed by atoms with Crippen molar-refractivity contribution in [3.05, 3.63) is 18.1 Å². The van der Waals surface area contributed by atoms with Crippen LogP contribution in [0.15, 0.2) is 12.4 Å². The monoisotopic (exact) mass is 239 g/mol. The van der Waals surface area contributed by atoms with Gasteiger partial charge in [0.05, 0.1) is 24.7 Å². The van der Waals surface area contributed by atoms with Crippen molar-refractivity contribution in [2.24, 2.45) is 5.41 Å². The van der Waals surface area contributed by atoms with E-state index in [-0.39, 0.29) is 11.6 Å². The number of nitrogens with one attached hydrogen (secondary N) is 1. The molecule has 0 fully saturated rings. The summed E-state index contributed by atoms with van der Waals surface area (Å²) in [6.45, 7) is 4.96. The zero-order valence-electron chi connectivity index (χ0n) is 10.1. The molecule has 0 saturated carbocycles. The van der Waals surface area contributed by atoms with Gasteiger partial charge in [-0.1, -0.05) is 20.8 Å². The highest BCUT2D eigenvalue weighted by Gasteiger charge is 2.21. The van der Waals surface area contributed by atoms with Crippen LogP contribution in [0.1, 0.15) is 32.6 Å². The van der Waals surface area contributed by atoms with Crippen molar-refractivity contribution in [3.8, 4) is 0 Å². The highest BCUT2D eigenvalue weighted by atomic mass is 16.3. The van der Waals surface area contributed by atoms with Crippen molar-refractivity contribution >= 4 is 11.7 Å². The summed E-state index contributed by atoms with van der Waals surface area (Å²) in [7, 11) is 0. The number of carbonyl (C=O) groups excluding carboxylic acids is 1. The molecule has 6 nitrogen and oxygen atoms in total. The summed E-state index contributed by atoms with van der Waals surface area (Å²) in [5, 5.41) is 20.6. The summed E-state index contributed by atoms with van der Waals surface area (Å²) in [5.74, 6) is 0.154. The molecule has 1 aromatic heterocycles. The first-order valence-corrected chi connectivity index (χ1v) is 5.27. The number of aliphatic hydroxyl groups is 2. The molecule has 1 heterocycles. The van der Waals surface area contributed by atoms with Crippen LogP contribution in [-0.4, -0.2) is 32.7 Å². The molecule has 3 N–H and O–H groups in total. The van der Waals surface area contributed by atoms with Crippen LogP contribution < -0.4 is 5.32 Å². The lowest BCUT2D eigenvalue weighted by molar-refractivity contribution is -0.123. The van der Waals surface area contributed by atoms with E-state index in [0.29, 0.717) is 5.82 Å². The Hall–Kier alpha value is -1.53. The quantitative estimate of drug-likeness (QED) is 0.713. The normalized spacial score (nSPS) is 13.2. The molecule has 1 aromatic rings. The van der Waals surface area contributed by atoms with E-state index in [2.05, 4.69) is 15.3 Å². The molecule has 0 aliphatic rings. The van der Waals surface area contributed by atoms with Gasteiger partial charge in [-0.05, 0) is 0 Å². The van der Waals surface area contributed by atoms with Gasteiger partial charge in [-0.15, -0.1) is 0 Å². The number of anilines is 1. The van der Waals surface area contributed by atoms with Gasteiger partial charge in [-0.2, -0.15) is 0 Å². The van der Waals surface area contributed by atoms with Gasteiger partial charge in [0.1, 0.15) is 6.10 Å². The Bertz CT molecular complexity index is 384. The molecule has 1 unspecified atom stereocenters. The lowest BCUT2D eigenvalue weighted by Gasteiger charge is -2.17. The predicted octanol–water partition coefficient (Wildman–Crippen LogP) is 0.487. The standard InChI is InChI=1S/C11H17N3O3/c1-11(2,3)10(17)14-9-5-12-7(4-13-9)8(16)6-15/h4-5,8,15-16H,6H2,1-3H3,(H,13,14,17). The largest absolute Gasteiger partial charge is 0.393 e. The molecular formula is C11H17N3O3. The van der Waals surface area contributed by atoms with Gasteiger partial charge in [-0.3, -0.25) is 9.78 Å². The summed E-state index contributed by atoms with van der Waals surface area (Å²) in [6.07, 6.45) is 1.62. The Balaban J connectivity index is 2.72. The van der Waals surface area contributed by atoms with Crippen LogP contribution in [0.25, 0.3) is 0 Å². The molecule has 6 heteroatoms. The summed E-state index contributed by atoms with van der Waals surface area (Å²) in [6, 6.07) is 0. The molecule has 1 amide bonds. The van der Waals surface area contributed by atoms with Crippen molar-refractivity contribution in [2.45, 2.75) is 26.9 Å². The summed E-state index contributed by atoms with van der Waals surface area (Å²) in [5.41, 5.74) is -0.244. The molecule has 0 saturated heterocycles. The van der Waals surface area contributed by atoms with Gasteiger partial charge in [0.2, 0.25) is 5.91 Å². The van der Waals surface area contributed by atoms with E-state index in [0.717, 1.165) is 0 Å². The van der Waals surface area contributed by atoms with Gasteiger partial charge in [-0.25, -0.2) is 4.98 Å². The van der Waals surface area contributed by atoms with Gasteiger partial charge >= 0.3 is 0 Å². The van der Waals surface area contributed by atoms with Crippen molar-refractivity contribution in [2.75, 3.05) is 11.9 Å². The Labute approximate surface area is 99.7 Å². The second-order valence-corrected chi connectivity index (χ2v) is 4.73. The topological polar surface area (TPSA) is 95.3 Å². The molecule has 94 valence electrons. The molecule has 0 spiro atoms. The van der Waals surface area contributed by atoms with E-state index in [4.69, 9.17) is 5.11 Å². The number of aromatic nitrogens is 2. The third-order valence-electron chi connectivity index (χ3n) is 2.11. The molecule has 0 aromatic carbocycles. The second-order valence-electron chi connectivity index (χ2n) is 4.73. The minimum Gasteiger partial charge on any atom is -0.393 e. The van der Waals surface area contributed by atoms with Gasteiger partial charge in [0.25, 0.3) is 0 Å². The molecule has 1 atom stereocenters. The van der Waals surface area contributed by atoms with Crippen LogP contribution in [-0.2, 0) is 4.79 Å². The van der Waals surface area contributed by atoms with Gasteiger partial charge < -0.3 is 15.5 Å². The lowest BCUT2D eigenvalue weighted by atomic mass is 9.96. The van der Waals surface area contributed by atoms with E-state index in [1.54, 1.807) is 20.8 Å². The van der Waals surface area contributed by atoms with Crippen molar-refractivity contribution in [1.29, 1.82) is 0 Å². The lowest BCUT2D eigenvalue weighted by Crippen LogP contribution is -2.28. The Morgan fingerprint density at radius 3 is 2.47 bits per heavy atom. The average molecular weight is 239 g/mol. The molecular weight excluding hydrogens is 222 g/mol. The van der Waals surface area contributed by atoms with E-state index < -0.39 is 18.1 Å². The number of nitrogens with zero attached hydrogens (tertiary/aromatic N) is 2. The van der Waals surface area contributed by atoms with Crippen LogP contribution in [0.5, 0.6) is 0 Å². The minimum atomic E-state index is -1.05.